The zero-order valence-corrected chi connectivity index (χ0v) is 8.82. The molecule has 0 bridgehead atoms. The maximum absolute atomic E-state index is 8.64. The van der Waals surface area contributed by atoms with Gasteiger partial charge in [0.05, 0.1) is 0 Å². The van der Waals surface area contributed by atoms with Crippen molar-refractivity contribution in [1.29, 1.82) is 0 Å². The van der Waals surface area contributed by atoms with Crippen molar-refractivity contribution in [2.75, 3.05) is 6.61 Å². The Kier molecular flexibility index (Phi) is 4.70. The lowest BCUT2D eigenvalue weighted by atomic mass is 10.2. The van der Waals surface area contributed by atoms with Crippen LogP contribution in [-0.2, 0) is 6.54 Å². The highest BCUT2D eigenvalue weighted by molar-refractivity contribution is 5.10. The molecule has 0 radical (unpaired) electrons. The van der Waals surface area contributed by atoms with Crippen LogP contribution in [0.5, 0.6) is 0 Å². The van der Waals surface area contributed by atoms with E-state index in [-0.39, 0.29) is 6.04 Å². The Labute approximate surface area is 85.5 Å². The van der Waals surface area contributed by atoms with Crippen LogP contribution in [0.2, 0.25) is 0 Å². The Balaban J connectivity index is 2.38. The smallest absolute Gasteiger partial charge is 0.0431 e. The van der Waals surface area contributed by atoms with Crippen LogP contribution >= 0.6 is 0 Å². The number of aromatic nitrogens is 1. The van der Waals surface area contributed by atoms with Gasteiger partial charge in [0.2, 0.25) is 0 Å². The fraction of sp³-hybridized carbons (Fsp3) is 0.636. The van der Waals surface area contributed by atoms with Crippen LogP contribution in [0.25, 0.3) is 0 Å². The van der Waals surface area contributed by atoms with Gasteiger partial charge in [0, 0.05) is 31.1 Å². The topological polar surface area (TPSA) is 51.2 Å². The second kappa shape index (κ2) is 5.83. The van der Waals surface area contributed by atoms with Crippen LogP contribution in [0, 0.1) is 0 Å². The average Bonchev–Trinajstić information content (AvgIpc) is 2.60. The molecule has 3 N–H and O–H groups in total. The Morgan fingerprint density at radius 3 is 2.86 bits per heavy atom. The molecular formula is C11H20N2O. The summed E-state index contributed by atoms with van der Waals surface area (Å²) in [5.41, 5.74) is 7.02. The second-order valence-electron chi connectivity index (χ2n) is 3.70. The molecule has 0 spiro atoms. The number of rotatable bonds is 6. The number of nitrogens with two attached hydrogens (primary N) is 1. The molecule has 0 saturated heterocycles. The minimum absolute atomic E-state index is 0.0999. The highest BCUT2D eigenvalue weighted by atomic mass is 16.2. The van der Waals surface area contributed by atoms with E-state index >= 15 is 0 Å². The Bertz CT molecular complexity index is 256. The molecule has 0 aromatic carbocycles. The maximum atomic E-state index is 8.64. The third-order valence-corrected chi connectivity index (χ3v) is 2.39. The fourth-order valence-electron chi connectivity index (χ4n) is 1.62. The first-order valence-corrected chi connectivity index (χ1v) is 5.27. The van der Waals surface area contributed by atoms with E-state index in [1.807, 2.05) is 13.0 Å². The maximum Gasteiger partial charge on any atom is 0.0431 e. The Morgan fingerprint density at radius 1 is 1.43 bits per heavy atom. The highest BCUT2D eigenvalue weighted by Crippen LogP contribution is 2.11. The monoisotopic (exact) mass is 196 g/mol. The lowest BCUT2D eigenvalue weighted by Gasteiger charge is -2.11. The molecule has 0 aliphatic heterocycles. The Hall–Kier alpha value is -0.800. The fourth-order valence-corrected chi connectivity index (χ4v) is 1.62. The van der Waals surface area contributed by atoms with Crippen molar-refractivity contribution in [3.63, 3.8) is 0 Å². The second-order valence-corrected chi connectivity index (χ2v) is 3.70. The van der Waals surface area contributed by atoms with Gasteiger partial charge in [-0.15, -0.1) is 0 Å². The summed E-state index contributed by atoms with van der Waals surface area (Å²) in [6, 6.07) is 4.20. The molecule has 14 heavy (non-hydrogen) atoms. The van der Waals surface area contributed by atoms with E-state index in [9.17, 15) is 0 Å². The van der Waals surface area contributed by atoms with Crippen molar-refractivity contribution < 1.29 is 5.11 Å². The van der Waals surface area contributed by atoms with E-state index < -0.39 is 0 Å². The standard InChI is InChI=1S/C11H20N2O/c1-10(12)11-6-5-8-13(11)7-3-2-4-9-14/h5-6,8,10,14H,2-4,7,9,12H2,1H3. The quantitative estimate of drug-likeness (QED) is 0.680. The van der Waals surface area contributed by atoms with Gasteiger partial charge in [0.25, 0.3) is 0 Å². The highest BCUT2D eigenvalue weighted by Gasteiger charge is 2.04. The molecule has 0 saturated carbocycles. The van der Waals surface area contributed by atoms with Crippen molar-refractivity contribution >= 4 is 0 Å². The van der Waals surface area contributed by atoms with E-state index in [4.69, 9.17) is 10.8 Å². The lowest BCUT2D eigenvalue weighted by molar-refractivity contribution is 0.281. The summed E-state index contributed by atoms with van der Waals surface area (Å²) in [6.45, 7) is 3.30. The van der Waals surface area contributed by atoms with Gasteiger partial charge in [-0.2, -0.15) is 0 Å². The summed E-state index contributed by atoms with van der Waals surface area (Å²) >= 11 is 0. The zero-order valence-electron chi connectivity index (χ0n) is 8.82. The van der Waals surface area contributed by atoms with Gasteiger partial charge < -0.3 is 15.4 Å². The van der Waals surface area contributed by atoms with Crippen molar-refractivity contribution in [2.24, 2.45) is 5.73 Å². The van der Waals surface area contributed by atoms with Crippen molar-refractivity contribution in [3.8, 4) is 0 Å². The number of aryl methyl sites for hydroxylation is 1. The minimum atomic E-state index is 0.0999. The van der Waals surface area contributed by atoms with Crippen molar-refractivity contribution in [1.82, 2.24) is 4.57 Å². The van der Waals surface area contributed by atoms with Crippen molar-refractivity contribution in [2.45, 2.75) is 38.8 Å². The average molecular weight is 196 g/mol. The van der Waals surface area contributed by atoms with Gasteiger partial charge in [-0.05, 0) is 38.3 Å². The molecule has 3 heteroatoms. The Morgan fingerprint density at radius 2 is 2.21 bits per heavy atom. The summed E-state index contributed by atoms with van der Waals surface area (Å²) < 4.78 is 2.20. The van der Waals surface area contributed by atoms with Crippen LogP contribution in [0.1, 0.15) is 37.9 Å². The lowest BCUT2D eigenvalue weighted by Crippen LogP contribution is -2.11. The largest absolute Gasteiger partial charge is 0.396 e. The van der Waals surface area contributed by atoms with Crippen LogP contribution in [0.4, 0.5) is 0 Å². The molecular weight excluding hydrogens is 176 g/mol. The molecule has 80 valence electrons. The summed E-state index contributed by atoms with van der Waals surface area (Å²) in [5, 5.41) is 8.64. The number of hydrogen-bond donors (Lipinski definition) is 2. The number of aliphatic hydroxyl groups excluding tert-OH is 1. The van der Waals surface area contributed by atoms with E-state index in [1.54, 1.807) is 0 Å². The van der Waals surface area contributed by atoms with Gasteiger partial charge in [-0.1, -0.05) is 0 Å². The van der Waals surface area contributed by atoms with Crippen LogP contribution in [-0.4, -0.2) is 16.3 Å². The SMILES string of the molecule is CC(N)c1cccn1CCCCCO. The van der Waals surface area contributed by atoms with E-state index in [0.29, 0.717) is 6.61 Å². The summed E-state index contributed by atoms with van der Waals surface area (Å²) in [4.78, 5) is 0. The molecule has 1 unspecified atom stereocenters. The summed E-state index contributed by atoms with van der Waals surface area (Å²) in [7, 11) is 0. The zero-order chi connectivity index (χ0) is 10.4. The predicted molar refractivity (Wildman–Crippen MR) is 58.0 cm³/mol. The molecule has 3 nitrogen and oxygen atoms in total. The summed E-state index contributed by atoms with van der Waals surface area (Å²) in [5.74, 6) is 0. The van der Waals surface area contributed by atoms with E-state index in [2.05, 4.69) is 16.8 Å². The summed E-state index contributed by atoms with van der Waals surface area (Å²) in [6.07, 6.45) is 5.15. The first-order chi connectivity index (χ1) is 6.75. The third-order valence-electron chi connectivity index (χ3n) is 2.39. The molecule has 0 aliphatic rings. The number of unbranched alkanes of at least 4 members (excludes halogenated alkanes) is 2. The number of nitrogens with zero attached hydrogens (tertiary/aromatic N) is 1. The van der Waals surface area contributed by atoms with Gasteiger partial charge in [0.1, 0.15) is 0 Å². The van der Waals surface area contributed by atoms with Crippen molar-refractivity contribution in [3.05, 3.63) is 24.0 Å². The molecule has 1 rings (SSSR count). The third kappa shape index (κ3) is 3.16. The van der Waals surface area contributed by atoms with Gasteiger partial charge in [-0.3, -0.25) is 0 Å². The van der Waals surface area contributed by atoms with Crippen LogP contribution in [0.3, 0.4) is 0 Å². The molecule has 0 fully saturated rings. The minimum Gasteiger partial charge on any atom is -0.396 e. The predicted octanol–water partition coefficient (Wildman–Crippen LogP) is 1.67. The van der Waals surface area contributed by atoms with E-state index in [0.717, 1.165) is 25.8 Å². The molecule has 1 aromatic heterocycles. The normalized spacial score (nSPS) is 13.1. The van der Waals surface area contributed by atoms with Gasteiger partial charge in [-0.25, -0.2) is 0 Å². The molecule has 0 amide bonds. The van der Waals surface area contributed by atoms with E-state index in [1.165, 1.54) is 5.69 Å². The van der Waals surface area contributed by atoms with Gasteiger partial charge >= 0.3 is 0 Å². The first-order valence-electron chi connectivity index (χ1n) is 5.27. The van der Waals surface area contributed by atoms with Crippen LogP contribution < -0.4 is 5.73 Å². The molecule has 1 atom stereocenters. The number of aliphatic hydroxyl groups is 1. The van der Waals surface area contributed by atoms with Crippen LogP contribution in [0.15, 0.2) is 18.3 Å². The molecule has 1 heterocycles. The molecule has 1 aromatic rings. The molecule has 0 aliphatic carbocycles. The number of hydrogen-bond acceptors (Lipinski definition) is 2. The van der Waals surface area contributed by atoms with Gasteiger partial charge in [0.15, 0.2) is 0 Å². The first kappa shape index (κ1) is 11.3.